The fourth-order valence-corrected chi connectivity index (χ4v) is 4.20. The number of likely N-dealkylation sites (tertiary alicyclic amines) is 1. The first-order chi connectivity index (χ1) is 10.9. The van der Waals surface area contributed by atoms with Crippen molar-refractivity contribution in [2.45, 2.75) is 116 Å². The lowest BCUT2D eigenvalue weighted by Gasteiger charge is -2.57. The second-order valence-electron chi connectivity index (χ2n) is 9.39. The average molecular weight is 342 g/mol. The number of nitrogens with zero attached hydrogens (tertiary/aromatic N) is 1. The van der Waals surface area contributed by atoms with Crippen LogP contribution in [0.25, 0.3) is 0 Å². The fourth-order valence-electron chi connectivity index (χ4n) is 4.20. The molecule has 140 valence electrons. The number of amides is 1. The van der Waals surface area contributed by atoms with Gasteiger partial charge in [-0.3, -0.25) is 4.90 Å². The van der Waals surface area contributed by atoms with E-state index in [9.17, 15) is 4.79 Å². The number of carbonyl (C=O) groups excluding carboxylic acids is 1. The molecule has 1 N–H and O–H groups in total. The molecule has 0 aromatic heterocycles. The third-order valence-electron chi connectivity index (χ3n) is 5.14. The van der Waals surface area contributed by atoms with Gasteiger partial charge in [-0.1, -0.05) is 13.3 Å². The van der Waals surface area contributed by atoms with Gasteiger partial charge >= 0.3 is 6.09 Å². The Morgan fingerprint density at radius 3 is 2.33 bits per heavy atom. The molecule has 0 unspecified atom stereocenters. The summed E-state index contributed by atoms with van der Waals surface area (Å²) in [5.74, 6) is 0. The predicted molar refractivity (Wildman–Crippen MR) is 94.9 cm³/mol. The van der Waals surface area contributed by atoms with Gasteiger partial charge in [-0.25, -0.2) is 9.18 Å². The minimum atomic E-state index is -1.10. The molecule has 1 saturated heterocycles. The minimum Gasteiger partial charge on any atom is -0.444 e. The van der Waals surface area contributed by atoms with Crippen molar-refractivity contribution in [2.75, 3.05) is 0 Å². The van der Waals surface area contributed by atoms with Gasteiger partial charge in [0, 0.05) is 17.6 Å². The number of rotatable bonds is 4. The van der Waals surface area contributed by atoms with Crippen LogP contribution in [0, 0.1) is 0 Å². The van der Waals surface area contributed by atoms with E-state index in [4.69, 9.17) is 4.74 Å². The summed E-state index contributed by atoms with van der Waals surface area (Å²) in [5, 5.41) is 3.47. The van der Waals surface area contributed by atoms with Gasteiger partial charge in [0.2, 0.25) is 0 Å². The molecule has 0 aromatic carbocycles. The Kier molecular flexibility index (Phi) is 5.25. The normalized spacial score (nSPS) is 33.4. The smallest absolute Gasteiger partial charge is 0.411 e. The molecule has 1 aliphatic carbocycles. The maximum atomic E-state index is 15.5. The van der Waals surface area contributed by atoms with Crippen molar-refractivity contribution in [3.63, 3.8) is 0 Å². The third-order valence-corrected chi connectivity index (χ3v) is 5.14. The number of ether oxygens (including phenoxy) is 1. The highest BCUT2D eigenvalue weighted by atomic mass is 19.1. The zero-order valence-corrected chi connectivity index (χ0v) is 16.4. The first kappa shape index (κ1) is 19.5. The monoisotopic (exact) mass is 342 g/mol. The van der Waals surface area contributed by atoms with Crippen molar-refractivity contribution in [1.29, 1.82) is 0 Å². The number of hydrogen-bond donors (Lipinski definition) is 1. The summed E-state index contributed by atoms with van der Waals surface area (Å²) >= 11 is 0. The quantitative estimate of drug-likeness (QED) is 0.822. The van der Waals surface area contributed by atoms with Gasteiger partial charge in [-0.05, 0) is 67.2 Å². The SMILES string of the molecule is CCC[C@@]1(C)[C@H](F)[C@H](NC2CC2)CC(C)(C)N1C(=O)OC(C)(C)C. The van der Waals surface area contributed by atoms with Crippen molar-refractivity contribution in [1.82, 2.24) is 10.2 Å². The fraction of sp³-hybridized carbons (Fsp3) is 0.947. The summed E-state index contributed by atoms with van der Waals surface area (Å²) in [5.41, 5.74) is -1.90. The van der Waals surface area contributed by atoms with E-state index in [1.165, 1.54) is 0 Å². The molecule has 1 saturated carbocycles. The number of nitrogens with one attached hydrogen (secondary N) is 1. The topological polar surface area (TPSA) is 41.6 Å². The Bertz CT molecular complexity index is 470. The van der Waals surface area contributed by atoms with E-state index in [-0.39, 0.29) is 6.04 Å². The van der Waals surface area contributed by atoms with Gasteiger partial charge in [-0.15, -0.1) is 0 Å². The van der Waals surface area contributed by atoms with Crippen molar-refractivity contribution < 1.29 is 13.9 Å². The summed E-state index contributed by atoms with van der Waals surface area (Å²) in [7, 11) is 0. The minimum absolute atomic E-state index is 0.206. The van der Waals surface area contributed by atoms with E-state index >= 15 is 4.39 Å². The van der Waals surface area contributed by atoms with Crippen LogP contribution in [0.4, 0.5) is 9.18 Å². The highest BCUT2D eigenvalue weighted by molar-refractivity contribution is 5.71. The molecule has 1 amide bonds. The molecule has 4 nitrogen and oxygen atoms in total. The predicted octanol–water partition coefficient (Wildman–Crippen LogP) is 4.42. The van der Waals surface area contributed by atoms with E-state index < -0.39 is 28.9 Å². The Labute approximate surface area is 146 Å². The summed E-state index contributed by atoms with van der Waals surface area (Å²) in [6, 6.07) is 0.241. The van der Waals surface area contributed by atoms with Gasteiger partial charge in [-0.2, -0.15) is 0 Å². The van der Waals surface area contributed by atoms with E-state index in [0.29, 0.717) is 18.9 Å². The van der Waals surface area contributed by atoms with Crippen LogP contribution in [0.3, 0.4) is 0 Å². The first-order valence-electron chi connectivity index (χ1n) is 9.34. The van der Waals surface area contributed by atoms with Crippen molar-refractivity contribution in [3.8, 4) is 0 Å². The molecule has 0 aromatic rings. The summed E-state index contributed by atoms with van der Waals surface area (Å²) in [4.78, 5) is 14.6. The number of hydrogen-bond acceptors (Lipinski definition) is 3. The Morgan fingerprint density at radius 1 is 1.29 bits per heavy atom. The second-order valence-corrected chi connectivity index (χ2v) is 9.39. The largest absolute Gasteiger partial charge is 0.444 e. The number of piperidine rings is 1. The third kappa shape index (κ3) is 4.04. The van der Waals surface area contributed by atoms with Crippen LogP contribution >= 0.6 is 0 Å². The second kappa shape index (κ2) is 6.47. The lowest BCUT2D eigenvalue weighted by Crippen LogP contribution is -2.72. The molecule has 2 rings (SSSR count). The molecule has 3 atom stereocenters. The van der Waals surface area contributed by atoms with Crippen LogP contribution in [-0.4, -0.2) is 45.9 Å². The highest BCUT2D eigenvalue weighted by Crippen LogP contribution is 2.44. The number of carbonyl (C=O) groups is 1. The molecule has 0 spiro atoms. The highest BCUT2D eigenvalue weighted by Gasteiger charge is 2.57. The maximum Gasteiger partial charge on any atom is 0.411 e. The number of halogens is 1. The molecule has 2 aliphatic rings. The molecule has 0 radical (unpaired) electrons. The van der Waals surface area contributed by atoms with Crippen LogP contribution in [0.5, 0.6) is 0 Å². The lowest BCUT2D eigenvalue weighted by atomic mass is 9.73. The van der Waals surface area contributed by atoms with E-state index in [0.717, 1.165) is 19.3 Å². The van der Waals surface area contributed by atoms with Crippen molar-refractivity contribution >= 4 is 6.09 Å². The lowest BCUT2D eigenvalue weighted by molar-refractivity contribution is -0.104. The molecule has 2 fully saturated rings. The Morgan fingerprint density at radius 2 is 1.88 bits per heavy atom. The van der Waals surface area contributed by atoms with Crippen LogP contribution in [-0.2, 0) is 4.74 Å². The number of alkyl halides is 1. The van der Waals surface area contributed by atoms with Crippen molar-refractivity contribution in [3.05, 3.63) is 0 Å². The van der Waals surface area contributed by atoms with Gasteiger partial charge in [0.1, 0.15) is 11.8 Å². The average Bonchev–Trinajstić information content (AvgIpc) is 3.17. The van der Waals surface area contributed by atoms with Gasteiger partial charge < -0.3 is 10.1 Å². The van der Waals surface area contributed by atoms with Crippen molar-refractivity contribution in [2.24, 2.45) is 0 Å². The van der Waals surface area contributed by atoms with Gasteiger partial charge in [0.05, 0.1) is 5.54 Å². The van der Waals surface area contributed by atoms with Crippen LogP contribution in [0.1, 0.15) is 80.6 Å². The molecule has 5 heteroatoms. The molecular weight excluding hydrogens is 307 g/mol. The Balaban J connectivity index is 2.32. The molecule has 1 heterocycles. The van der Waals surface area contributed by atoms with E-state index in [1.54, 1.807) is 4.90 Å². The molecular formula is C19H35FN2O2. The van der Waals surface area contributed by atoms with E-state index in [2.05, 4.69) is 5.32 Å². The molecule has 1 aliphatic heterocycles. The van der Waals surface area contributed by atoms with E-state index in [1.807, 2.05) is 48.5 Å². The maximum absolute atomic E-state index is 15.5. The zero-order valence-electron chi connectivity index (χ0n) is 16.4. The zero-order chi connectivity index (χ0) is 18.3. The van der Waals surface area contributed by atoms with Crippen LogP contribution in [0.15, 0.2) is 0 Å². The summed E-state index contributed by atoms with van der Waals surface area (Å²) in [6.07, 6.45) is 2.80. The Hall–Kier alpha value is -0.840. The van der Waals surface area contributed by atoms with Crippen LogP contribution in [0.2, 0.25) is 0 Å². The molecule has 0 bridgehead atoms. The molecule has 24 heavy (non-hydrogen) atoms. The standard InChI is InChI=1S/C19H35FN2O2/c1-8-11-19(7)15(20)14(21-13-9-10-13)12-18(5,6)22(19)16(23)24-17(2,3)4/h13-15,21H,8-12H2,1-7H3/t14-,15-,19+/m1/s1. The van der Waals surface area contributed by atoms with Crippen LogP contribution < -0.4 is 5.32 Å². The van der Waals surface area contributed by atoms with Gasteiger partial charge in [0.15, 0.2) is 0 Å². The summed E-state index contributed by atoms with van der Waals surface area (Å²) < 4.78 is 21.2. The summed E-state index contributed by atoms with van der Waals surface area (Å²) in [6.45, 7) is 13.5. The first-order valence-corrected chi connectivity index (χ1v) is 9.34. The van der Waals surface area contributed by atoms with Gasteiger partial charge in [0.25, 0.3) is 0 Å².